The summed E-state index contributed by atoms with van der Waals surface area (Å²) in [5.74, 6) is 0.283. The molecule has 0 radical (unpaired) electrons. The van der Waals surface area contributed by atoms with Gasteiger partial charge in [-0.15, -0.1) is 0 Å². The highest BCUT2D eigenvalue weighted by Gasteiger charge is 2.46. The molecule has 0 bridgehead atoms. The van der Waals surface area contributed by atoms with Crippen LogP contribution in [0, 0.1) is 5.92 Å². The number of fused-ring (bicyclic) bond motifs is 1. The number of nitrogens with zero attached hydrogens (tertiary/aromatic N) is 3. The van der Waals surface area contributed by atoms with Gasteiger partial charge in [0.1, 0.15) is 12.2 Å². The number of piperazine rings is 1. The number of likely N-dealkylation sites (N-methyl/N-ethyl adjacent to an activating group) is 1. The zero-order valence-corrected chi connectivity index (χ0v) is 12.6. The maximum absolute atomic E-state index is 12.5. The van der Waals surface area contributed by atoms with Crippen molar-refractivity contribution in [1.29, 1.82) is 0 Å². The van der Waals surface area contributed by atoms with Crippen molar-refractivity contribution >= 4 is 11.8 Å². The van der Waals surface area contributed by atoms with Crippen molar-refractivity contribution in [3.8, 4) is 0 Å². The molecular formula is C14H25N3O3. The monoisotopic (exact) mass is 283 g/mol. The van der Waals surface area contributed by atoms with Gasteiger partial charge in [0.2, 0.25) is 11.8 Å². The normalized spacial score (nSPS) is 29.6. The standard InChI is InChI=1S/C14H25N3O3/c1-4-10(2)7-16-8-12-15(3)6-5-13(19)17(12)11(9-18)14(16)20/h10-12,18H,4-9H2,1-3H3. The number of carbonyl (C=O) groups excluding carboxylic acids is 2. The molecule has 3 atom stereocenters. The van der Waals surface area contributed by atoms with Gasteiger partial charge < -0.3 is 14.9 Å². The summed E-state index contributed by atoms with van der Waals surface area (Å²) in [5.41, 5.74) is 0. The second-order valence-electron chi connectivity index (χ2n) is 5.97. The molecule has 2 heterocycles. The van der Waals surface area contributed by atoms with Gasteiger partial charge in [-0.1, -0.05) is 20.3 Å². The second kappa shape index (κ2) is 6.10. The van der Waals surface area contributed by atoms with Crippen LogP contribution >= 0.6 is 0 Å². The molecule has 114 valence electrons. The van der Waals surface area contributed by atoms with E-state index in [0.717, 1.165) is 6.42 Å². The van der Waals surface area contributed by atoms with Crippen LogP contribution < -0.4 is 0 Å². The summed E-state index contributed by atoms with van der Waals surface area (Å²) in [7, 11) is 1.97. The first-order valence-electron chi connectivity index (χ1n) is 7.40. The van der Waals surface area contributed by atoms with Crippen LogP contribution in [0.25, 0.3) is 0 Å². The third kappa shape index (κ3) is 2.67. The topological polar surface area (TPSA) is 64.1 Å². The summed E-state index contributed by atoms with van der Waals surface area (Å²) < 4.78 is 0. The van der Waals surface area contributed by atoms with Crippen LogP contribution in [0.3, 0.4) is 0 Å². The molecule has 0 aromatic carbocycles. The number of aliphatic hydroxyl groups excluding tert-OH is 1. The lowest BCUT2D eigenvalue weighted by atomic mass is 10.0. The van der Waals surface area contributed by atoms with Crippen molar-refractivity contribution in [3.05, 3.63) is 0 Å². The van der Waals surface area contributed by atoms with E-state index in [1.807, 2.05) is 11.9 Å². The van der Waals surface area contributed by atoms with Crippen LogP contribution in [0.4, 0.5) is 0 Å². The van der Waals surface area contributed by atoms with E-state index in [-0.39, 0.29) is 24.6 Å². The Morgan fingerprint density at radius 3 is 2.70 bits per heavy atom. The van der Waals surface area contributed by atoms with Crippen LogP contribution in [0.2, 0.25) is 0 Å². The number of rotatable bonds is 4. The predicted molar refractivity (Wildman–Crippen MR) is 74.8 cm³/mol. The molecule has 2 aliphatic rings. The maximum atomic E-state index is 12.5. The first-order valence-corrected chi connectivity index (χ1v) is 7.40. The summed E-state index contributed by atoms with van der Waals surface area (Å²) in [6.45, 7) is 5.87. The van der Waals surface area contributed by atoms with Crippen LogP contribution in [-0.2, 0) is 9.59 Å². The van der Waals surface area contributed by atoms with Crippen LogP contribution in [0.5, 0.6) is 0 Å². The van der Waals surface area contributed by atoms with E-state index < -0.39 is 6.04 Å². The minimum atomic E-state index is -0.715. The SMILES string of the molecule is CCC(C)CN1CC2N(C)CCC(=O)N2C(CO)C1=O. The van der Waals surface area contributed by atoms with Gasteiger partial charge in [-0.25, -0.2) is 0 Å². The van der Waals surface area contributed by atoms with Crippen LogP contribution in [-0.4, -0.2) is 77.1 Å². The number of aliphatic hydroxyl groups is 1. The van der Waals surface area contributed by atoms with Gasteiger partial charge in [-0.05, 0) is 13.0 Å². The molecule has 0 aliphatic carbocycles. The van der Waals surface area contributed by atoms with Crippen molar-refractivity contribution in [2.24, 2.45) is 5.92 Å². The molecule has 3 unspecified atom stereocenters. The zero-order chi connectivity index (χ0) is 14.9. The van der Waals surface area contributed by atoms with E-state index in [1.165, 1.54) is 0 Å². The minimum absolute atomic E-state index is 0.0244. The number of hydrogen-bond donors (Lipinski definition) is 1. The van der Waals surface area contributed by atoms with Gasteiger partial charge in [0, 0.05) is 19.5 Å². The Morgan fingerprint density at radius 1 is 1.40 bits per heavy atom. The molecule has 0 saturated carbocycles. The van der Waals surface area contributed by atoms with Crippen molar-refractivity contribution in [2.75, 3.05) is 33.3 Å². The van der Waals surface area contributed by atoms with Gasteiger partial charge in [-0.2, -0.15) is 0 Å². The second-order valence-corrected chi connectivity index (χ2v) is 5.97. The average molecular weight is 283 g/mol. The molecule has 6 heteroatoms. The lowest BCUT2D eigenvalue weighted by molar-refractivity contribution is -0.171. The maximum Gasteiger partial charge on any atom is 0.247 e. The molecule has 0 aromatic heterocycles. The molecule has 2 rings (SSSR count). The lowest BCUT2D eigenvalue weighted by Gasteiger charge is -2.51. The van der Waals surface area contributed by atoms with E-state index in [1.54, 1.807) is 4.90 Å². The molecule has 2 aliphatic heterocycles. The number of carbonyl (C=O) groups is 2. The lowest BCUT2D eigenvalue weighted by Crippen LogP contribution is -2.70. The summed E-state index contributed by atoms with van der Waals surface area (Å²) in [6.07, 6.45) is 1.33. The zero-order valence-electron chi connectivity index (χ0n) is 12.6. The highest BCUT2D eigenvalue weighted by molar-refractivity contribution is 5.89. The van der Waals surface area contributed by atoms with Gasteiger partial charge in [0.15, 0.2) is 0 Å². The predicted octanol–water partition coefficient (Wildman–Crippen LogP) is -0.274. The van der Waals surface area contributed by atoms with E-state index in [0.29, 0.717) is 32.0 Å². The average Bonchev–Trinajstić information content (AvgIpc) is 2.44. The highest BCUT2D eigenvalue weighted by atomic mass is 16.3. The van der Waals surface area contributed by atoms with Crippen LogP contribution in [0.1, 0.15) is 26.7 Å². The number of hydrogen-bond acceptors (Lipinski definition) is 4. The molecule has 20 heavy (non-hydrogen) atoms. The van der Waals surface area contributed by atoms with Gasteiger partial charge in [0.05, 0.1) is 13.2 Å². The smallest absolute Gasteiger partial charge is 0.247 e. The summed E-state index contributed by atoms with van der Waals surface area (Å²) in [5, 5.41) is 9.55. The first-order chi connectivity index (χ1) is 9.49. The quantitative estimate of drug-likeness (QED) is 0.771. The van der Waals surface area contributed by atoms with Gasteiger partial charge >= 0.3 is 0 Å². The fourth-order valence-corrected chi connectivity index (χ4v) is 2.99. The van der Waals surface area contributed by atoms with Gasteiger partial charge in [0.25, 0.3) is 0 Å². The van der Waals surface area contributed by atoms with E-state index in [4.69, 9.17) is 0 Å². The Kier molecular flexibility index (Phi) is 4.65. The summed E-state index contributed by atoms with van der Waals surface area (Å²) >= 11 is 0. The van der Waals surface area contributed by atoms with Crippen molar-refractivity contribution in [3.63, 3.8) is 0 Å². The molecule has 2 amide bonds. The Labute approximate surface area is 120 Å². The minimum Gasteiger partial charge on any atom is -0.394 e. The first kappa shape index (κ1) is 15.3. The third-order valence-electron chi connectivity index (χ3n) is 4.51. The Morgan fingerprint density at radius 2 is 2.10 bits per heavy atom. The largest absolute Gasteiger partial charge is 0.394 e. The molecule has 0 aromatic rings. The van der Waals surface area contributed by atoms with Crippen LogP contribution in [0.15, 0.2) is 0 Å². The van der Waals surface area contributed by atoms with Gasteiger partial charge in [-0.3, -0.25) is 14.5 Å². The molecule has 2 fully saturated rings. The Balaban J connectivity index is 2.21. The van der Waals surface area contributed by atoms with Crippen molar-refractivity contribution in [1.82, 2.24) is 14.7 Å². The number of amides is 2. The Hall–Kier alpha value is -1.14. The van der Waals surface area contributed by atoms with E-state index in [2.05, 4.69) is 18.7 Å². The summed E-state index contributed by atoms with van der Waals surface area (Å²) in [4.78, 5) is 30.1. The Bertz CT molecular complexity index is 388. The van der Waals surface area contributed by atoms with E-state index >= 15 is 0 Å². The van der Waals surface area contributed by atoms with E-state index in [9.17, 15) is 14.7 Å². The highest BCUT2D eigenvalue weighted by Crippen LogP contribution is 2.25. The van der Waals surface area contributed by atoms with Crippen molar-refractivity contribution < 1.29 is 14.7 Å². The molecule has 2 saturated heterocycles. The fourth-order valence-electron chi connectivity index (χ4n) is 2.99. The molecule has 6 nitrogen and oxygen atoms in total. The fraction of sp³-hybridized carbons (Fsp3) is 0.857. The summed E-state index contributed by atoms with van der Waals surface area (Å²) in [6, 6.07) is -0.715. The molecule has 0 spiro atoms. The van der Waals surface area contributed by atoms with Crippen molar-refractivity contribution in [2.45, 2.75) is 38.9 Å². The molecular weight excluding hydrogens is 258 g/mol. The third-order valence-corrected chi connectivity index (χ3v) is 4.51. The molecule has 1 N–H and O–H groups in total.